The van der Waals surface area contributed by atoms with Crippen LogP contribution in [0.3, 0.4) is 0 Å². The molecule has 0 heterocycles. The van der Waals surface area contributed by atoms with Crippen molar-refractivity contribution in [1.82, 2.24) is 0 Å². The number of ether oxygens (including phenoxy) is 3. The van der Waals surface area contributed by atoms with Gasteiger partial charge >= 0.3 is 5.97 Å². The number of hydrogen-bond acceptors (Lipinski definition) is 5. The summed E-state index contributed by atoms with van der Waals surface area (Å²) in [5, 5.41) is 9.12. The first-order valence-corrected chi connectivity index (χ1v) is 8.18. The summed E-state index contributed by atoms with van der Waals surface area (Å²) in [5.74, 6) is 0.0492. The maximum Gasteiger partial charge on any atom is 0.348 e. The van der Waals surface area contributed by atoms with E-state index in [0.29, 0.717) is 17.9 Å². The van der Waals surface area contributed by atoms with Gasteiger partial charge in [0, 0.05) is 7.11 Å². The fourth-order valence-corrected chi connectivity index (χ4v) is 2.11. The van der Waals surface area contributed by atoms with Crippen molar-refractivity contribution in [3.63, 3.8) is 0 Å². The first-order chi connectivity index (χ1) is 12.6. The van der Waals surface area contributed by atoms with Crippen molar-refractivity contribution in [2.45, 2.75) is 13.5 Å². The van der Waals surface area contributed by atoms with Crippen LogP contribution in [0.1, 0.15) is 16.7 Å². The van der Waals surface area contributed by atoms with Gasteiger partial charge in [-0.05, 0) is 36.3 Å². The maximum absolute atomic E-state index is 11.8. The quantitative estimate of drug-likeness (QED) is 0.314. The summed E-state index contributed by atoms with van der Waals surface area (Å²) < 4.78 is 15.5. The van der Waals surface area contributed by atoms with Gasteiger partial charge in [-0.25, -0.2) is 4.79 Å². The van der Waals surface area contributed by atoms with Crippen LogP contribution >= 0.6 is 0 Å². The topological polar surface area (TPSA) is 68.5 Å². The number of rotatable bonds is 8. The summed E-state index contributed by atoms with van der Waals surface area (Å²) in [6, 6.07) is 17.2. The van der Waals surface area contributed by atoms with Crippen LogP contribution in [0.2, 0.25) is 0 Å². The van der Waals surface area contributed by atoms with E-state index in [1.54, 1.807) is 24.3 Å². The van der Waals surface area contributed by atoms with E-state index in [1.165, 1.54) is 18.7 Å². The molecule has 0 amide bonds. The Kier molecular flexibility index (Phi) is 7.41. The number of methoxy groups -OCH3 is 1. The number of nitriles is 1. The molecule has 0 saturated heterocycles. The number of esters is 1. The van der Waals surface area contributed by atoms with E-state index < -0.39 is 5.97 Å². The molecule has 134 valence electrons. The number of carbonyl (C=O) groups is 1. The molecule has 0 N–H and O–H groups in total. The third-order valence-electron chi connectivity index (χ3n) is 3.58. The Bertz CT molecular complexity index is 786. The molecule has 2 aromatic rings. The fourth-order valence-electron chi connectivity index (χ4n) is 2.11. The molecule has 0 fully saturated rings. The Morgan fingerprint density at radius 1 is 1.08 bits per heavy atom. The molecule has 2 aromatic carbocycles. The highest BCUT2D eigenvalue weighted by Gasteiger charge is 2.10. The highest BCUT2D eigenvalue weighted by molar-refractivity contribution is 5.97. The lowest BCUT2D eigenvalue weighted by atomic mass is 10.1. The highest BCUT2D eigenvalue weighted by Crippen LogP contribution is 2.16. The van der Waals surface area contributed by atoms with E-state index in [4.69, 9.17) is 19.5 Å². The average molecular weight is 351 g/mol. The predicted molar refractivity (Wildman–Crippen MR) is 98.4 cm³/mol. The average Bonchev–Trinajstić information content (AvgIpc) is 2.66. The molecule has 0 bridgehead atoms. The van der Waals surface area contributed by atoms with Gasteiger partial charge in [0.1, 0.15) is 30.6 Å². The van der Waals surface area contributed by atoms with Gasteiger partial charge < -0.3 is 14.2 Å². The van der Waals surface area contributed by atoms with Crippen molar-refractivity contribution < 1.29 is 19.0 Å². The minimum atomic E-state index is -0.663. The van der Waals surface area contributed by atoms with Crippen LogP contribution < -0.4 is 4.74 Å². The minimum absolute atomic E-state index is 0.0607. The van der Waals surface area contributed by atoms with E-state index in [-0.39, 0.29) is 18.8 Å². The second-order valence-electron chi connectivity index (χ2n) is 5.64. The molecule has 5 heteroatoms. The van der Waals surface area contributed by atoms with Crippen LogP contribution in [-0.2, 0) is 20.9 Å². The molecular formula is C21H21NO4. The van der Waals surface area contributed by atoms with E-state index >= 15 is 0 Å². The maximum atomic E-state index is 11.8. The van der Waals surface area contributed by atoms with E-state index in [2.05, 4.69) is 0 Å². The minimum Gasteiger partial charge on any atom is -0.489 e. The van der Waals surface area contributed by atoms with Crippen LogP contribution in [0, 0.1) is 18.3 Å². The van der Waals surface area contributed by atoms with E-state index in [9.17, 15) is 4.79 Å². The molecule has 0 aliphatic rings. The normalized spacial score (nSPS) is 10.9. The van der Waals surface area contributed by atoms with Gasteiger partial charge in [0.05, 0.1) is 6.61 Å². The summed E-state index contributed by atoms with van der Waals surface area (Å²) >= 11 is 0. The summed E-state index contributed by atoms with van der Waals surface area (Å²) in [7, 11) is 1.51. The van der Waals surface area contributed by atoms with E-state index in [1.807, 2.05) is 37.3 Å². The third kappa shape index (κ3) is 6.08. The number of nitrogens with zero attached hydrogens (tertiary/aromatic N) is 1. The molecule has 0 spiro atoms. The lowest BCUT2D eigenvalue weighted by Gasteiger charge is -2.07. The standard InChI is InChI=1S/C21H21NO4/c1-16-3-5-18(6-4-16)15-26-20-9-7-17(8-10-20)13-19(14-22)21(23)25-12-11-24-2/h3-10,13H,11-12,15H2,1-2H3/b19-13+. The van der Waals surface area contributed by atoms with Gasteiger partial charge in [-0.3, -0.25) is 0 Å². The van der Waals surface area contributed by atoms with Crippen molar-refractivity contribution in [2.75, 3.05) is 20.3 Å². The summed E-state index contributed by atoms with van der Waals surface area (Å²) in [6.07, 6.45) is 1.49. The van der Waals surface area contributed by atoms with Gasteiger partial charge in [-0.2, -0.15) is 5.26 Å². The molecule has 0 atom stereocenters. The summed E-state index contributed by atoms with van der Waals surface area (Å²) in [5.41, 5.74) is 2.95. The van der Waals surface area contributed by atoms with Crippen molar-refractivity contribution in [3.8, 4) is 11.8 Å². The van der Waals surface area contributed by atoms with Crippen LogP contribution in [-0.4, -0.2) is 26.3 Å². The first-order valence-electron chi connectivity index (χ1n) is 8.18. The number of hydrogen-bond donors (Lipinski definition) is 0. The Hall–Kier alpha value is -3.10. The Balaban J connectivity index is 1.95. The number of aryl methyl sites for hydroxylation is 1. The number of carbonyl (C=O) groups excluding carboxylic acids is 1. The highest BCUT2D eigenvalue weighted by atomic mass is 16.6. The second-order valence-corrected chi connectivity index (χ2v) is 5.64. The van der Waals surface area contributed by atoms with Crippen LogP contribution in [0.15, 0.2) is 54.1 Å². The van der Waals surface area contributed by atoms with Crippen LogP contribution in [0.25, 0.3) is 6.08 Å². The summed E-state index contributed by atoms with van der Waals surface area (Å²) in [4.78, 5) is 11.8. The zero-order chi connectivity index (χ0) is 18.8. The van der Waals surface area contributed by atoms with E-state index in [0.717, 1.165) is 5.56 Å². The largest absolute Gasteiger partial charge is 0.489 e. The van der Waals surface area contributed by atoms with Crippen molar-refractivity contribution in [3.05, 3.63) is 70.8 Å². The SMILES string of the molecule is COCCOC(=O)/C(C#N)=C/c1ccc(OCc2ccc(C)cc2)cc1. The van der Waals surface area contributed by atoms with Gasteiger partial charge in [0.25, 0.3) is 0 Å². The van der Waals surface area contributed by atoms with Gasteiger partial charge in [0.2, 0.25) is 0 Å². The zero-order valence-corrected chi connectivity index (χ0v) is 14.9. The fraction of sp³-hybridized carbons (Fsp3) is 0.238. The zero-order valence-electron chi connectivity index (χ0n) is 14.9. The van der Waals surface area contributed by atoms with Gasteiger partial charge in [-0.1, -0.05) is 42.0 Å². The van der Waals surface area contributed by atoms with Gasteiger partial charge in [-0.15, -0.1) is 0 Å². The first kappa shape index (κ1) is 19.2. The molecular weight excluding hydrogens is 330 g/mol. The molecule has 2 rings (SSSR count). The lowest BCUT2D eigenvalue weighted by Crippen LogP contribution is -2.11. The van der Waals surface area contributed by atoms with Crippen molar-refractivity contribution in [1.29, 1.82) is 5.26 Å². The molecule has 26 heavy (non-hydrogen) atoms. The summed E-state index contributed by atoms with van der Waals surface area (Å²) in [6.45, 7) is 2.92. The molecule has 0 aromatic heterocycles. The third-order valence-corrected chi connectivity index (χ3v) is 3.58. The molecule has 0 saturated carbocycles. The van der Waals surface area contributed by atoms with Gasteiger partial charge in [0.15, 0.2) is 0 Å². The van der Waals surface area contributed by atoms with Crippen molar-refractivity contribution >= 4 is 12.0 Å². The molecule has 0 radical (unpaired) electrons. The molecule has 0 aliphatic carbocycles. The molecule has 5 nitrogen and oxygen atoms in total. The Morgan fingerprint density at radius 3 is 2.38 bits per heavy atom. The Labute approximate surface area is 153 Å². The van der Waals surface area contributed by atoms with Crippen molar-refractivity contribution in [2.24, 2.45) is 0 Å². The number of benzene rings is 2. The Morgan fingerprint density at radius 2 is 1.77 bits per heavy atom. The van der Waals surface area contributed by atoms with Crippen LogP contribution in [0.4, 0.5) is 0 Å². The second kappa shape index (κ2) is 10.0. The smallest absolute Gasteiger partial charge is 0.348 e. The molecule has 0 unspecified atom stereocenters. The predicted octanol–water partition coefficient (Wildman–Crippen LogP) is 3.67. The molecule has 0 aliphatic heterocycles. The lowest BCUT2D eigenvalue weighted by molar-refractivity contribution is -0.139. The van der Waals surface area contributed by atoms with Crippen LogP contribution in [0.5, 0.6) is 5.75 Å². The monoisotopic (exact) mass is 351 g/mol.